The van der Waals surface area contributed by atoms with Gasteiger partial charge in [0, 0.05) is 20.2 Å². The van der Waals surface area contributed by atoms with Gasteiger partial charge in [0.2, 0.25) is 0 Å². The lowest BCUT2D eigenvalue weighted by molar-refractivity contribution is -0.0453. The van der Waals surface area contributed by atoms with Crippen molar-refractivity contribution in [3.05, 3.63) is 0 Å². The molecule has 0 bridgehead atoms. The van der Waals surface area contributed by atoms with Gasteiger partial charge in [0.25, 0.3) is 0 Å². The average Bonchev–Trinajstić information content (AvgIpc) is 2.15. The van der Waals surface area contributed by atoms with Crippen LogP contribution in [-0.4, -0.2) is 37.7 Å². The highest BCUT2D eigenvalue weighted by Crippen LogP contribution is 2.13. The Kier molecular flexibility index (Phi) is 4.08. The standard InChI is InChI=1S/C9H18N2O/c1-3-10-8-11(2)9-6-4-5-7-12-9/h8-9H,3-7H2,1-2H3. The van der Waals surface area contributed by atoms with Crippen LogP contribution < -0.4 is 0 Å². The summed E-state index contributed by atoms with van der Waals surface area (Å²) in [5.41, 5.74) is 0. The van der Waals surface area contributed by atoms with E-state index in [9.17, 15) is 0 Å². The zero-order valence-corrected chi connectivity index (χ0v) is 7.99. The van der Waals surface area contributed by atoms with Gasteiger partial charge in [-0.2, -0.15) is 0 Å². The Morgan fingerprint density at radius 1 is 1.58 bits per heavy atom. The normalized spacial score (nSPS) is 24.7. The van der Waals surface area contributed by atoms with Crippen molar-refractivity contribution >= 4 is 6.34 Å². The fourth-order valence-electron chi connectivity index (χ4n) is 1.33. The quantitative estimate of drug-likeness (QED) is 0.473. The maximum atomic E-state index is 5.57. The number of ether oxygens (including phenoxy) is 1. The highest BCUT2D eigenvalue weighted by atomic mass is 16.5. The van der Waals surface area contributed by atoms with E-state index in [1.165, 1.54) is 12.8 Å². The minimum Gasteiger partial charge on any atom is -0.358 e. The highest BCUT2D eigenvalue weighted by molar-refractivity contribution is 5.54. The van der Waals surface area contributed by atoms with Crippen LogP contribution in [0.2, 0.25) is 0 Å². The fraction of sp³-hybridized carbons (Fsp3) is 0.889. The topological polar surface area (TPSA) is 24.8 Å². The zero-order chi connectivity index (χ0) is 8.81. The summed E-state index contributed by atoms with van der Waals surface area (Å²) in [6.45, 7) is 3.78. The van der Waals surface area contributed by atoms with Gasteiger partial charge >= 0.3 is 0 Å². The second-order valence-electron chi connectivity index (χ2n) is 3.10. The molecule has 70 valence electrons. The van der Waals surface area contributed by atoms with Crippen molar-refractivity contribution in [2.24, 2.45) is 4.99 Å². The maximum absolute atomic E-state index is 5.57. The van der Waals surface area contributed by atoms with Crippen molar-refractivity contribution in [2.45, 2.75) is 32.4 Å². The van der Waals surface area contributed by atoms with E-state index < -0.39 is 0 Å². The van der Waals surface area contributed by atoms with Gasteiger partial charge in [-0.25, -0.2) is 0 Å². The molecule has 0 radical (unpaired) electrons. The van der Waals surface area contributed by atoms with Crippen molar-refractivity contribution < 1.29 is 4.74 Å². The van der Waals surface area contributed by atoms with Gasteiger partial charge in [0.15, 0.2) is 0 Å². The molecule has 0 amide bonds. The summed E-state index contributed by atoms with van der Waals surface area (Å²) < 4.78 is 5.57. The predicted octanol–water partition coefficient (Wildman–Crippen LogP) is 1.49. The van der Waals surface area contributed by atoms with Gasteiger partial charge in [0.1, 0.15) is 6.23 Å². The molecule has 1 heterocycles. The molecule has 0 N–H and O–H groups in total. The summed E-state index contributed by atoms with van der Waals surface area (Å²) in [7, 11) is 2.02. The molecular formula is C9H18N2O. The van der Waals surface area contributed by atoms with E-state index >= 15 is 0 Å². The molecule has 0 aromatic carbocycles. The lowest BCUT2D eigenvalue weighted by Gasteiger charge is -2.29. The third-order valence-corrected chi connectivity index (χ3v) is 2.06. The first-order valence-corrected chi connectivity index (χ1v) is 4.68. The lowest BCUT2D eigenvalue weighted by atomic mass is 10.2. The Morgan fingerprint density at radius 3 is 3.00 bits per heavy atom. The minimum absolute atomic E-state index is 0.258. The molecule has 1 unspecified atom stereocenters. The van der Waals surface area contributed by atoms with Crippen LogP contribution in [0.3, 0.4) is 0 Å². The van der Waals surface area contributed by atoms with Crippen molar-refractivity contribution in [3.8, 4) is 0 Å². The van der Waals surface area contributed by atoms with Gasteiger partial charge < -0.3 is 9.64 Å². The third-order valence-electron chi connectivity index (χ3n) is 2.06. The summed E-state index contributed by atoms with van der Waals surface area (Å²) in [5.74, 6) is 0. The molecule has 3 heteroatoms. The van der Waals surface area contributed by atoms with E-state index in [-0.39, 0.29) is 6.23 Å². The molecule has 3 nitrogen and oxygen atoms in total. The molecule has 1 saturated heterocycles. The molecule has 1 fully saturated rings. The summed E-state index contributed by atoms with van der Waals surface area (Å²) in [4.78, 5) is 6.23. The van der Waals surface area contributed by atoms with Crippen LogP contribution in [0.5, 0.6) is 0 Å². The van der Waals surface area contributed by atoms with E-state index in [4.69, 9.17) is 4.74 Å². The van der Waals surface area contributed by atoms with E-state index in [2.05, 4.69) is 9.89 Å². The number of hydrogen-bond acceptors (Lipinski definition) is 2. The fourth-order valence-corrected chi connectivity index (χ4v) is 1.33. The predicted molar refractivity (Wildman–Crippen MR) is 50.4 cm³/mol. The number of aliphatic imine (C=N–C) groups is 1. The first-order chi connectivity index (χ1) is 5.84. The highest BCUT2D eigenvalue weighted by Gasteiger charge is 2.15. The monoisotopic (exact) mass is 170 g/mol. The average molecular weight is 170 g/mol. The first-order valence-electron chi connectivity index (χ1n) is 4.68. The molecule has 1 atom stereocenters. The number of rotatable bonds is 3. The van der Waals surface area contributed by atoms with Gasteiger partial charge in [-0.1, -0.05) is 0 Å². The molecule has 0 aromatic rings. The third kappa shape index (κ3) is 2.81. The minimum atomic E-state index is 0.258. The van der Waals surface area contributed by atoms with Gasteiger partial charge in [-0.15, -0.1) is 0 Å². The Morgan fingerprint density at radius 2 is 2.42 bits per heavy atom. The zero-order valence-electron chi connectivity index (χ0n) is 7.99. The summed E-state index contributed by atoms with van der Waals surface area (Å²) in [6.07, 6.45) is 5.74. The van der Waals surface area contributed by atoms with E-state index in [0.29, 0.717) is 0 Å². The smallest absolute Gasteiger partial charge is 0.130 e. The largest absolute Gasteiger partial charge is 0.358 e. The van der Waals surface area contributed by atoms with Crippen molar-refractivity contribution in [2.75, 3.05) is 20.2 Å². The van der Waals surface area contributed by atoms with Gasteiger partial charge in [-0.05, 0) is 26.2 Å². The van der Waals surface area contributed by atoms with E-state index in [0.717, 1.165) is 19.6 Å². The molecule has 1 aliphatic heterocycles. The Hall–Kier alpha value is -0.570. The van der Waals surface area contributed by atoms with Crippen LogP contribution in [0.4, 0.5) is 0 Å². The van der Waals surface area contributed by atoms with Crippen molar-refractivity contribution in [1.82, 2.24) is 4.90 Å². The molecule has 0 saturated carbocycles. The van der Waals surface area contributed by atoms with Crippen LogP contribution in [0.15, 0.2) is 4.99 Å². The van der Waals surface area contributed by atoms with Crippen LogP contribution in [-0.2, 0) is 4.74 Å². The first kappa shape index (κ1) is 9.52. The second kappa shape index (κ2) is 5.14. The Balaban J connectivity index is 2.29. The molecule has 0 aromatic heterocycles. The van der Waals surface area contributed by atoms with Crippen molar-refractivity contribution in [1.29, 1.82) is 0 Å². The van der Waals surface area contributed by atoms with E-state index in [1.807, 2.05) is 20.3 Å². The lowest BCUT2D eigenvalue weighted by Crippen LogP contribution is -2.35. The maximum Gasteiger partial charge on any atom is 0.130 e. The second-order valence-corrected chi connectivity index (χ2v) is 3.10. The Labute approximate surface area is 74.4 Å². The Bertz CT molecular complexity index is 141. The van der Waals surface area contributed by atoms with Crippen LogP contribution in [0.1, 0.15) is 26.2 Å². The molecule has 1 rings (SSSR count). The number of nitrogens with zero attached hydrogens (tertiary/aromatic N) is 2. The summed E-state index contributed by atoms with van der Waals surface area (Å²) in [5, 5.41) is 0. The van der Waals surface area contributed by atoms with Crippen LogP contribution >= 0.6 is 0 Å². The molecular weight excluding hydrogens is 152 g/mol. The molecule has 0 spiro atoms. The van der Waals surface area contributed by atoms with Crippen molar-refractivity contribution in [3.63, 3.8) is 0 Å². The molecule has 1 aliphatic rings. The van der Waals surface area contributed by atoms with Crippen LogP contribution in [0.25, 0.3) is 0 Å². The summed E-state index contributed by atoms with van der Waals surface area (Å²) in [6, 6.07) is 0. The number of hydrogen-bond donors (Lipinski definition) is 0. The summed E-state index contributed by atoms with van der Waals surface area (Å²) >= 11 is 0. The SMILES string of the molecule is CCN=CN(C)C1CCCCO1. The molecule has 12 heavy (non-hydrogen) atoms. The van der Waals surface area contributed by atoms with E-state index in [1.54, 1.807) is 0 Å². The molecule has 0 aliphatic carbocycles. The van der Waals surface area contributed by atoms with Crippen LogP contribution in [0, 0.1) is 0 Å². The van der Waals surface area contributed by atoms with Gasteiger partial charge in [-0.3, -0.25) is 4.99 Å². The van der Waals surface area contributed by atoms with Gasteiger partial charge in [0.05, 0.1) is 6.34 Å².